The highest BCUT2D eigenvalue weighted by Gasteiger charge is 2.43. The average molecular weight is 1210 g/mol. The van der Waals surface area contributed by atoms with E-state index in [0.717, 1.165) is 22.6 Å². The third kappa shape index (κ3) is 23.9. The van der Waals surface area contributed by atoms with E-state index in [0.29, 0.717) is 45.1 Å². The van der Waals surface area contributed by atoms with Crippen LogP contribution in [0, 0.1) is 41.4 Å². The molecular formula is C62H115N11O12. The molecule has 2 aliphatic heterocycles. The van der Waals surface area contributed by atoms with Gasteiger partial charge in [-0.1, -0.05) is 90.0 Å². The molecule has 0 aliphatic carbocycles. The Bertz CT molecular complexity index is 2170. The number of hydrogen-bond acceptors (Lipinski definition) is 15. The van der Waals surface area contributed by atoms with Crippen LogP contribution in [-0.2, 0) is 47.8 Å². The van der Waals surface area contributed by atoms with E-state index in [1.807, 2.05) is 88.1 Å². The van der Waals surface area contributed by atoms with Crippen molar-refractivity contribution in [1.29, 1.82) is 0 Å². The Morgan fingerprint density at radius 3 is 1.55 bits per heavy atom. The van der Waals surface area contributed by atoms with E-state index >= 15 is 4.79 Å². The van der Waals surface area contributed by atoms with Crippen LogP contribution >= 0.6 is 0 Å². The first-order chi connectivity index (χ1) is 39.4. The average Bonchev–Trinajstić information content (AvgIpc) is 3.54. The molecule has 23 heteroatoms. The summed E-state index contributed by atoms with van der Waals surface area (Å²) in [5.41, 5.74) is 0. The second-order valence-electron chi connectivity index (χ2n) is 27.1. The van der Waals surface area contributed by atoms with E-state index in [1.54, 1.807) is 20.8 Å². The van der Waals surface area contributed by atoms with Gasteiger partial charge in [-0.05, 0) is 134 Å². The number of nitrogens with zero attached hydrogens (tertiary/aromatic N) is 7. The maximum absolute atomic E-state index is 15.2. The van der Waals surface area contributed by atoms with Gasteiger partial charge in [-0.2, -0.15) is 0 Å². The molecule has 2 saturated heterocycles. The third-order valence-electron chi connectivity index (χ3n) is 16.6. The topological polar surface area (TPSA) is 263 Å². The van der Waals surface area contributed by atoms with Gasteiger partial charge in [0.05, 0.1) is 25.0 Å². The fraction of sp³-hybridized carbons (Fsp3) is 0.855. The Hall–Kier alpha value is -4.97. The summed E-state index contributed by atoms with van der Waals surface area (Å²) < 4.78 is 11.1. The molecule has 0 spiro atoms. The lowest BCUT2D eigenvalue weighted by molar-refractivity contribution is -0.152. The summed E-state index contributed by atoms with van der Waals surface area (Å²) in [6, 6.07) is -8.11. The lowest BCUT2D eigenvalue weighted by atomic mass is 9.93. The minimum Gasteiger partial charge on any atom is -0.391 e. The van der Waals surface area contributed by atoms with Crippen LogP contribution in [0.3, 0.4) is 0 Å². The molecule has 2 heterocycles. The molecule has 0 radical (unpaired) electrons. The number of ether oxygens (including phenoxy) is 2. The smallest absolute Gasteiger partial charge is 0.391 e. The van der Waals surface area contributed by atoms with Gasteiger partial charge < -0.3 is 55.0 Å². The molecule has 0 bridgehead atoms. The highest BCUT2D eigenvalue weighted by molar-refractivity contribution is 5.97. The molecule has 0 aromatic carbocycles. The van der Waals surface area contributed by atoms with Crippen molar-refractivity contribution in [2.75, 3.05) is 75.6 Å². The van der Waals surface area contributed by atoms with Crippen LogP contribution in [0.4, 0.5) is 4.79 Å². The second kappa shape index (κ2) is 35.7. The van der Waals surface area contributed by atoms with Gasteiger partial charge in [-0.25, -0.2) is 9.59 Å². The molecule has 8 amide bonds. The maximum atomic E-state index is 15.2. The zero-order chi connectivity index (χ0) is 65.1. The molecule has 2 aliphatic rings. The molecule has 0 aromatic heterocycles. The number of aliphatic hydroxyl groups excluding tert-OH is 1. The summed E-state index contributed by atoms with van der Waals surface area (Å²) in [7, 11) is 11.1. The normalized spacial score (nSPS) is 27.0. The molecule has 23 nitrogen and oxygen atoms in total. The van der Waals surface area contributed by atoms with Crippen molar-refractivity contribution < 1.29 is 57.7 Å². The first-order valence-electron chi connectivity index (χ1n) is 31.3. The van der Waals surface area contributed by atoms with E-state index in [4.69, 9.17) is 9.47 Å². The highest BCUT2D eigenvalue weighted by atomic mass is 16.6. The second-order valence-corrected chi connectivity index (χ2v) is 27.1. The number of nitrogens with one attached hydrogen (secondary N) is 4. The maximum Gasteiger partial charge on any atom is 0.417 e. The number of amides is 8. The number of likely N-dealkylation sites (N-methyl/N-ethyl adjacent to an activating group) is 5. The number of cyclic esters (lactones) is 2. The van der Waals surface area contributed by atoms with Gasteiger partial charge in [0.25, 0.3) is 0 Å². The van der Waals surface area contributed by atoms with Crippen molar-refractivity contribution in [3.05, 3.63) is 0 Å². The van der Waals surface area contributed by atoms with E-state index in [9.17, 15) is 43.5 Å². The molecule has 2 fully saturated rings. The van der Waals surface area contributed by atoms with E-state index in [-0.39, 0.29) is 61.2 Å². The Balaban J connectivity index is 2.92. The molecule has 0 saturated carbocycles. The van der Waals surface area contributed by atoms with Crippen molar-refractivity contribution in [2.45, 2.75) is 228 Å². The minimum atomic E-state index is -1.57. The summed E-state index contributed by atoms with van der Waals surface area (Å²) in [6.45, 7) is 29.3. The van der Waals surface area contributed by atoms with Gasteiger partial charge in [0.2, 0.25) is 41.4 Å². The lowest BCUT2D eigenvalue weighted by Crippen LogP contribution is -2.62. The van der Waals surface area contributed by atoms with E-state index < -0.39 is 127 Å². The predicted octanol–water partition coefficient (Wildman–Crippen LogP) is 4.35. The molecule has 2 rings (SSSR count). The summed E-state index contributed by atoms with van der Waals surface area (Å²) in [6.07, 6.45) is 0.293. The Labute approximate surface area is 510 Å². The van der Waals surface area contributed by atoms with Gasteiger partial charge in [-0.15, -0.1) is 0 Å². The van der Waals surface area contributed by atoms with Crippen LogP contribution in [0.1, 0.15) is 162 Å². The number of rotatable bonds is 18. The van der Waals surface area contributed by atoms with Crippen LogP contribution < -0.4 is 21.3 Å². The van der Waals surface area contributed by atoms with Gasteiger partial charge in [0.1, 0.15) is 42.3 Å². The zero-order valence-corrected chi connectivity index (χ0v) is 56.2. The first kappa shape index (κ1) is 76.1. The molecule has 3 unspecified atom stereocenters. The fourth-order valence-corrected chi connectivity index (χ4v) is 11.3. The van der Waals surface area contributed by atoms with Crippen LogP contribution in [0.15, 0.2) is 0 Å². The number of esters is 1. The SMILES string of the molecule is CC(C)C[C@@H]1C(=O)N[C@H](CC(C)C)C(=O)N(C)C(C(C)C)C(=O)N(C)C(C[C@H](C)CCN(C)C2CCOCC2)C(=O)NC([C@@H](C)O)C(=O)N(C)CC(=O)N(C)[C@@H](CC(C)C)C(=O)N[C@H](CC(C)C)N(C)[C@H](CC(C)C)N[C@H](C)C(=O)OC(=O)N1C. The largest absolute Gasteiger partial charge is 0.417 e. The molecule has 490 valence electrons. The van der Waals surface area contributed by atoms with Crippen LogP contribution in [0.5, 0.6) is 0 Å². The van der Waals surface area contributed by atoms with E-state index in [1.165, 1.54) is 56.9 Å². The predicted molar refractivity (Wildman–Crippen MR) is 329 cm³/mol. The van der Waals surface area contributed by atoms with Gasteiger partial charge in [-0.3, -0.25) is 48.7 Å². The Morgan fingerprint density at radius 2 is 1.05 bits per heavy atom. The van der Waals surface area contributed by atoms with E-state index in [2.05, 4.69) is 33.2 Å². The minimum absolute atomic E-state index is 0.0598. The standard InChI is InChI=1S/C62H115N11O12/c1-36(2)29-46-58(79)73(22)54(41(11)12)60(81)70(19)49(34-42(13)23-26-67(16)45-24-27-84-28-25-45)57(78)66-53(44(15)74)59(80)68(17)35-52(75)69(18)47(30-37(3)4)56(77)65-51(33-40(9)10)72(21)50(32-39(7)8)63-43(14)61(82)85-62(83)71(20)48(31-38(5)6)55(76)64-46/h36-51,53-54,63,74H,23-35H2,1-22H3,(H,64,76)(H,65,77)(H,66,78)/t42-,43-,44-,46-,47+,48-,49?,50-,51+,53?,54?/m1/s1. The van der Waals surface area contributed by atoms with Gasteiger partial charge in [0, 0.05) is 54.5 Å². The van der Waals surface area contributed by atoms with Crippen molar-refractivity contribution in [1.82, 2.24) is 55.6 Å². The summed E-state index contributed by atoms with van der Waals surface area (Å²) in [4.78, 5) is 142. The fourth-order valence-electron chi connectivity index (χ4n) is 11.3. The lowest BCUT2D eigenvalue weighted by Gasteiger charge is -2.40. The molecule has 5 N–H and O–H groups in total. The van der Waals surface area contributed by atoms with Crippen LogP contribution in [-0.4, -0.2) is 235 Å². The quantitative estimate of drug-likeness (QED) is 0.0944. The number of carbonyl (C=O) groups excluding carboxylic acids is 9. The number of hydrogen-bond donors (Lipinski definition) is 5. The van der Waals surface area contributed by atoms with Crippen molar-refractivity contribution in [3.8, 4) is 0 Å². The summed E-state index contributed by atoms with van der Waals surface area (Å²) >= 11 is 0. The first-order valence-corrected chi connectivity index (χ1v) is 31.3. The van der Waals surface area contributed by atoms with Gasteiger partial charge >= 0.3 is 12.1 Å². The molecular weight excluding hydrogens is 1090 g/mol. The van der Waals surface area contributed by atoms with Crippen molar-refractivity contribution >= 4 is 53.4 Å². The van der Waals surface area contributed by atoms with Crippen LogP contribution in [0.25, 0.3) is 0 Å². The molecule has 11 atom stereocenters. The van der Waals surface area contributed by atoms with Crippen molar-refractivity contribution in [2.24, 2.45) is 41.4 Å². The summed E-state index contributed by atoms with van der Waals surface area (Å²) in [5, 5.41) is 23.5. The monoisotopic (exact) mass is 1210 g/mol. The Kier molecular flexibility index (Phi) is 32.0. The summed E-state index contributed by atoms with van der Waals surface area (Å²) in [5.74, 6) is -6.22. The number of aliphatic hydroxyl groups is 1. The Morgan fingerprint density at radius 1 is 0.565 bits per heavy atom. The molecule has 0 aromatic rings. The van der Waals surface area contributed by atoms with Crippen LogP contribution in [0.2, 0.25) is 0 Å². The van der Waals surface area contributed by atoms with Crippen molar-refractivity contribution in [3.63, 3.8) is 0 Å². The molecule has 85 heavy (non-hydrogen) atoms. The highest BCUT2D eigenvalue weighted by Crippen LogP contribution is 2.25. The zero-order valence-electron chi connectivity index (χ0n) is 56.2. The third-order valence-corrected chi connectivity index (χ3v) is 16.6. The van der Waals surface area contributed by atoms with Gasteiger partial charge in [0.15, 0.2) is 0 Å². The number of carbonyl (C=O) groups is 9.